The number of hydrogen-bond donors (Lipinski definition) is 2. The van der Waals surface area contributed by atoms with Gasteiger partial charge in [0.05, 0.1) is 6.33 Å². The fraction of sp³-hybridized carbons (Fsp3) is 0.375. The second-order valence-electron chi connectivity index (χ2n) is 2.96. The zero-order chi connectivity index (χ0) is 10.7. The van der Waals surface area contributed by atoms with Gasteiger partial charge in [-0.3, -0.25) is 19.6 Å². The Morgan fingerprint density at radius 1 is 1.71 bits per heavy atom. The Morgan fingerprint density at radius 3 is 2.86 bits per heavy atom. The van der Waals surface area contributed by atoms with Crippen LogP contribution < -0.4 is 16.8 Å². The molecule has 0 aromatic carbocycles. The minimum absolute atomic E-state index is 0.270. The molecule has 0 fully saturated rings. The second kappa shape index (κ2) is 4.01. The van der Waals surface area contributed by atoms with E-state index in [9.17, 15) is 9.59 Å². The molecule has 1 rings (SSSR count). The number of aryl methyl sites for hydroxylation is 1. The molecule has 1 amide bonds. The van der Waals surface area contributed by atoms with Gasteiger partial charge in [0.25, 0.3) is 11.5 Å². The molecule has 14 heavy (non-hydrogen) atoms. The van der Waals surface area contributed by atoms with Gasteiger partial charge in [0, 0.05) is 11.8 Å². The summed E-state index contributed by atoms with van der Waals surface area (Å²) in [4.78, 5) is 26.4. The van der Waals surface area contributed by atoms with Crippen molar-refractivity contribution in [1.29, 1.82) is 0 Å². The van der Waals surface area contributed by atoms with Crippen LogP contribution in [0.4, 0.5) is 0 Å². The maximum Gasteiger partial charge on any atom is 0.256 e. The molecule has 1 aromatic heterocycles. The fourth-order valence-corrected chi connectivity index (χ4v) is 1.04. The predicted octanol–water partition coefficient (Wildman–Crippen LogP) is -0.897. The van der Waals surface area contributed by atoms with Gasteiger partial charge < -0.3 is 0 Å². The van der Waals surface area contributed by atoms with E-state index in [1.807, 2.05) is 5.43 Å². The van der Waals surface area contributed by atoms with Crippen molar-refractivity contribution in [3.63, 3.8) is 0 Å². The van der Waals surface area contributed by atoms with Crippen molar-refractivity contribution in [2.45, 2.75) is 19.9 Å². The highest BCUT2D eigenvalue weighted by Crippen LogP contribution is 1.99. The molecule has 1 atom stereocenters. The predicted molar refractivity (Wildman–Crippen MR) is 50.3 cm³/mol. The summed E-state index contributed by atoms with van der Waals surface area (Å²) in [5.41, 5.74) is 2.33. The van der Waals surface area contributed by atoms with Crippen LogP contribution in [0, 0.1) is 6.92 Å². The molecule has 0 saturated heterocycles. The summed E-state index contributed by atoms with van der Waals surface area (Å²) in [6.07, 6.45) is 1.33. The van der Waals surface area contributed by atoms with Gasteiger partial charge in [0.1, 0.15) is 6.04 Å². The molecule has 1 aromatic rings. The molecule has 0 spiro atoms. The van der Waals surface area contributed by atoms with E-state index in [-0.39, 0.29) is 5.56 Å². The van der Waals surface area contributed by atoms with Gasteiger partial charge >= 0.3 is 0 Å². The number of rotatable bonds is 2. The van der Waals surface area contributed by atoms with E-state index >= 15 is 0 Å². The molecular formula is C8H12N4O2. The van der Waals surface area contributed by atoms with Crippen LogP contribution in [0.2, 0.25) is 0 Å². The zero-order valence-corrected chi connectivity index (χ0v) is 8.02. The first kappa shape index (κ1) is 10.4. The van der Waals surface area contributed by atoms with Crippen LogP contribution in [-0.4, -0.2) is 15.5 Å². The molecule has 6 nitrogen and oxygen atoms in total. The number of amides is 1. The SMILES string of the molecule is Cc1cc(=O)n(C(C)C(=O)NN)cn1. The van der Waals surface area contributed by atoms with E-state index in [0.29, 0.717) is 5.69 Å². The monoisotopic (exact) mass is 196 g/mol. The van der Waals surface area contributed by atoms with Gasteiger partial charge in [0.15, 0.2) is 0 Å². The summed E-state index contributed by atoms with van der Waals surface area (Å²) >= 11 is 0. The van der Waals surface area contributed by atoms with Crippen LogP contribution in [0.1, 0.15) is 18.7 Å². The van der Waals surface area contributed by atoms with Crippen LogP contribution in [0.25, 0.3) is 0 Å². The number of hydrogen-bond acceptors (Lipinski definition) is 4. The molecular weight excluding hydrogens is 184 g/mol. The van der Waals surface area contributed by atoms with Gasteiger partial charge in [-0.05, 0) is 13.8 Å². The quantitative estimate of drug-likeness (QED) is 0.364. The highest BCUT2D eigenvalue weighted by Gasteiger charge is 2.14. The van der Waals surface area contributed by atoms with E-state index in [1.165, 1.54) is 17.0 Å². The third kappa shape index (κ3) is 1.97. The van der Waals surface area contributed by atoms with Crippen molar-refractivity contribution in [2.75, 3.05) is 0 Å². The van der Waals surface area contributed by atoms with Crippen molar-refractivity contribution < 1.29 is 4.79 Å². The first-order chi connectivity index (χ1) is 6.56. The molecule has 0 aliphatic heterocycles. The second-order valence-corrected chi connectivity index (χ2v) is 2.96. The minimum Gasteiger partial charge on any atom is -0.292 e. The van der Waals surface area contributed by atoms with Gasteiger partial charge in [-0.2, -0.15) is 0 Å². The molecule has 76 valence electrons. The first-order valence-corrected chi connectivity index (χ1v) is 4.11. The van der Waals surface area contributed by atoms with Crippen molar-refractivity contribution in [2.24, 2.45) is 5.84 Å². The standard InChI is InChI=1S/C8H12N4O2/c1-5-3-7(13)12(4-10-5)6(2)8(14)11-9/h3-4,6H,9H2,1-2H3,(H,11,14). The maximum absolute atomic E-state index is 11.4. The fourth-order valence-electron chi connectivity index (χ4n) is 1.04. The van der Waals surface area contributed by atoms with Gasteiger partial charge in [-0.15, -0.1) is 0 Å². The number of hydrazine groups is 1. The topological polar surface area (TPSA) is 90.0 Å². The number of carbonyl (C=O) groups is 1. The molecule has 3 N–H and O–H groups in total. The lowest BCUT2D eigenvalue weighted by atomic mass is 10.3. The molecule has 6 heteroatoms. The third-order valence-electron chi connectivity index (χ3n) is 1.91. The van der Waals surface area contributed by atoms with E-state index in [0.717, 1.165) is 0 Å². The van der Waals surface area contributed by atoms with Gasteiger partial charge in [-0.25, -0.2) is 10.8 Å². The summed E-state index contributed by atoms with van der Waals surface area (Å²) in [6, 6.07) is 0.709. The van der Waals surface area contributed by atoms with E-state index in [4.69, 9.17) is 5.84 Å². The molecule has 0 bridgehead atoms. The average Bonchev–Trinajstić information content (AvgIpc) is 2.15. The summed E-state index contributed by atoms with van der Waals surface area (Å²) in [5, 5.41) is 0. The lowest BCUT2D eigenvalue weighted by molar-refractivity contribution is -0.124. The molecule has 1 unspecified atom stereocenters. The van der Waals surface area contributed by atoms with Crippen LogP contribution in [-0.2, 0) is 4.79 Å². The summed E-state index contributed by atoms with van der Waals surface area (Å²) < 4.78 is 1.22. The van der Waals surface area contributed by atoms with Crippen LogP contribution in [0.5, 0.6) is 0 Å². The highest BCUT2D eigenvalue weighted by molar-refractivity contribution is 5.79. The van der Waals surface area contributed by atoms with Gasteiger partial charge in [0.2, 0.25) is 0 Å². The Bertz CT molecular complexity index is 399. The molecule has 0 aliphatic rings. The van der Waals surface area contributed by atoms with Gasteiger partial charge in [-0.1, -0.05) is 0 Å². The van der Waals surface area contributed by atoms with Crippen LogP contribution in [0.3, 0.4) is 0 Å². The van der Waals surface area contributed by atoms with E-state index in [1.54, 1.807) is 13.8 Å². The summed E-state index contributed by atoms with van der Waals surface area (Å²) in [6.45, 7) is 3.28. The lowest BCUT2D eigenvalue weighted by Crippen LogP contribution is -2.39. The van der Waals surface area contributed by atoms with E-state index in [2.05, 4.69) is 4.98 Å². The maximum atomic E-state index is 11.4. The third-order valence-corrected chi connectivity index (χ3v) is 1.91. The van der Waals surface area contributed by atoms with Crippen molar-refractivity contribution in [3.8, 4) is 0 Å². The number of carbonyl (C=O) groups excluding carboxylic acids is 1. The summed E-state index contributed by atoms with van der Waals surface area (Å²) in [5.74, 6) is 4.52. The normalized spacial score (nSPS) is 12.2. The highest BCUT2D eigenvalue weighted by atomic mass is 16.2. The Labute approximate surface area is 80.7 Å². The van der Waals surface area contributed by atoms with Crippen LogP contribution in [0.15, 0.2) is 17.2 Å². The summed E-state index contributed by atoms with van der Waals surface area (Å²) in [7, 11) is 0. The van der Waals surface area contributed by atoms with Crippen molar-refractivity contribution in [3.05, 3.63) is 28.4 Å². The Kier molecular flexibility index (Phi) is 2.98. The zero-order valence-electron chi connectivity index (χ0n) is 8.02. The average molecular weight is 196 g/mol. The van der Waals surface area contributed by atoms with Crippen LogP contribution >= 0.6 is 0 Å². The number of nitrogens with zero attached hydrogens (tertiary/aromatic N) is 2. The Hall–Kier alpha value is -1.69. The van der Waals surface area contributed by atoms with Crippen molar-refractivity contribution >= 4 is 5.91 Å². The lowest BCUT2D eigenvalue weighted by Gasteiger charge is -2.12. The number of aromatic nitrogens is 2. The van der Waals surface area contributed by atoms with Crippen molar-refractivity contribution in [1.82, 2.24) is 15.0 Å². The Balaban J connectivity index is 3.08. The molecule has 0 radical (unpaired) electrons. The number of nitrogens with one attached hydrogen (secondary N) is 1. The molecule has 0 aliphatic carbocycles. The molecule has 0 saturated carbocycles. The first-order valence-electron chi connectivity index (χ1n) is 4.11. The van der Waals surface area contributed by atoms with E-state index < -0.39 is 11.9 Å². The minimum atomic E-state index is -0.652. The number of nitrogens with two attached hydrogens (primary N) is 1. The molecule has 1 heterocycles. The Morgan fingerprint density at radius 2 is 2.36 bits per heavy atom. The smallest absolute Gasteiger partial charge is 0.256 e. The largest absolute Gasteiger partial charge is 0.292 e.